The fourth-order valence-corrected chi connectivity index (χ4v) is 1.64. The zero-order chi connectivity index (χ0) is 10.5. The van der Waals surface area contributed by atoms with Crippen molar-refractivity contribution in [2.75, 3.05) is 18.6 Å². The van der Waals surface area contributed by atoms with Gasteiger partial charge in [0.25, 0.3) is 0 Å². The first-order chi connectivity index (χ1) is 5.89. The monoisotopic (exact) mass is 207 g/mol. The van der Waals surface area contributed by atoms with E-state index >= 15 is 0 Å². The van der Waals surface area contributed by atoms with E-state index in [1.54, 1.807) is 25.6 Å². The molecule has 0 aromatic carbocycles. The standard InChI is InChI=1S/C9H21NO2S/c1-7(8(2)11)10-5-9(3,12)6-13-4/h7-8,10-12H,5-6H2,1-4H3. The lowest BCUT2D eigenvalue weighted by Gasteiger charge is -2.26. The first-order valence-electron chi connectivity index (χ1n) is 4.52. The Morgan fingerprint density at radius 1 is 1.46 bits per heavy atom. The fourth-order valence-electron chi connectivity index (χ4n) is 0.913. The minimum Gasteiger partial charge on any atom is -0.392 e. The second-order valence-electron chi connectivity index (χ2n) is 3.84. The van der Waals surface area contributed by atoms with Crippen molar-refractivity contribution in [3.8, 4) is 0 Å². The summed E-state index contributed by atoms with van der Waals surface area (Å²) in [6, 6.07) is 0.0216. The first kappa shape index (κ1) is 13.2. The SMILES string of the molecule is CSCC(C)(O)CNC(C)C(C)O. The van der Waals surface area contributed by atoms with Crippen LogP contribution in [0.4, 0.5) is 0 Å². The highest BCUT2D eigenvalue weighted by Crippen LogP contribution is 2.09. The van der Waals surface area contributed by atoms with Crippen molar-refractivity contribution in [2.45, 2.75) is 38.5 Å². The van der Waals surface area contributed by atoms with E-state index in [-0.39, 0.29) is 12.1 Å². The van der Waals surface area contributed by atoms with Crippen molar-refractivity contribution in [1.29, 1.82) is 0 Å². The van der Waals surface area contributed by atoms with Crippen LogP contribution < -0.4 is 5.32 Å². The third kappa shape index (κ3) is 6.32. The van der Waals surface area contributed by atoms with Gasteiger partial charge in [-0.05, 0) is 27.0 Å². The van der Waals surface area contributed by atoms with E-state index in [0.717, 1.165) is 0 Å². The van der Waals surface area contributed by atoms with Crippen LogP contribution in [0.15, 0.2) is 0 Å². The summed E-state index contributed by atoms with van der Waals surface area (Å²) in [5.74, 6) is 0.701. The van der Waals surface area contributed by atoms with Gasteiger partial charge in [-0.15, -0.1) is 0 Å². The maximum atomic E-state index is 9.78. The Balaban J connectivity index is 3.73. The summed E-state index contributed by atoms with van der Waals surface area (Å²) in [6.45, 7) is 5.95. The Bertz CT molecular complexity index is 140. The number of aliphatic hydroxyl groups is 2. The van der Waals surface area contributed by atoms with E-state index in [0.29, 0.717) is 12.3 Å². The molecule has 0 fully saturated rings. The largest absolute Gasteiger partial charge is 0.392 e. The highest BCUT2D eigenvalue weighted by atomic mass is 32.2. The van der Waals surface area contributed by atoms with Gasteiger partial charge in [0.2, 0.25) is 0 Å². The Hall–Kier alpha value is 0.230. The van der Waals surface area contributed by atoms with Gasteiger partial charge in [0.1, 0.15) is 0 Å². The van der Waals surface area contributed by atoms with Gasteiger partial charge >= 0.3 is 0 Å². The molecular weight excluding hydrogens is 186 g/mol. The van der Waals surface area contributed by atoms with Crippen molar-refractivity contribution < 1.29 is 10.2 Å². The molecule has 0 radical (unpaired) electrons. The molecule has 0 aromatic rings. The Kier molecular flexibility index (Phi) is 5.96. The van der Waals surface area contributed by atoms with Crippen molar-refractivity contribution in [2.24, 2.45) is 0 Å². The maximum Gasteiger partial charge on any atom is 0.0833 e. The van der Waals surface area contributed by atoms with Gasteiger partial charge in [0, 0.05) is 18.3 Å². The topological polar surface area (TPSA) is 52.5 Å². The third-order valence-electron chi connectivity index (χ3n) is 1.98. The van der Waals surface area contributed by atoms with Gasteiger partial charge in [-0.25, -0.2) is 0 Å². The van der Waals surface area contributed by atoms with Gasteiger partial charge in [-0.3, -0.25) is 0 Å². The zero-order valence-corrected chi connectivity index (χ0v) is 9.69. The highest BCUT2D eigenvalue weighted by Gasteiger charge is 2.20. The van der Waals surface area contributed by atoms with E-state index in [4.69, 9.17) is 0 Å². The second kappa shape index (κ2) is 5.86. The van der Waals surface area contributed by atoms with E-state index in [2.05, 4.69) is 5.32 Å². The lowest BCUT2D eigenvalue weighted by atomic mass is 10.1. The molecule has 0 aliphatic rings. The van der Waals surface area contributed by atoms with Crippen LogP contribution in [-0.4, -0.2) is 46.5 Å². The Morgan fingerprint density at radius 2 is 2.00 bits per heavy atom. The molecule has 3 nitrogen and oxygen atoms in total. The van der Waals surface area contributed by atoms with E-state index in [9.17, 15) is 10.2 Å². The average molecular weight is 207 g/mol. The summed E-state index contributed by atoms with van der Waals surface area (Å²) in [4.78, 5) is 0. The molecule has 3 N–H and O–H groups in total. The summed E-state index contributed by atoms with van der Waals surface area (Å²) in [5.41, 5.74) is -0.692. The Labute approximate surface area is 84.9 Å². The number of aliphatic hydroxyl groups excluding tert-OH is 1. The molecule has 0 aliphatic carbocycles. The smallest absolute Gasteiger partial charge is 0.0833 e. The number of rotatable bonds is 6. The van der Waals surface area contributed by atoms with Crippen molar-refractivity contribution in [3.05, 3.63) is 0 Å². The molecule has 0 saturated heterocycles. The molecular formula is C9H21NO2S. The van der Waals surface area contributed by atoms with Gasteiger partial charge in [0.05, 0.1) is 11.7 Å². The van der Waals surface area contributed by atoms with Crippen LogP contribution in [0.25, 0.3) is 0 Å². The molecule has 4 heteroatoms. The average Bonchev–Trinajstić information content (AvgIpc) is 2.00. The lowest BCUT2D eigenvalue weighted by Crippen LogP contribution is -2.46. The normalized spacial score (nSPS) is 20.8. The number of nitrogens with one attached hydrogen (secondary N) is 1. The van der Waals surface area contributed by atoms with Crippen LogP contribution >= 0.6 is 11.8 Å². The maximum absolute atomic E-state index is 9.78. The molecule has 0 spiro atoms. The molecule has 3 unspecified atom stereocenters. The van der Waals surface area contributed by atoms with Crippen LogP contribution in [0, 0.1) is 0 Å². The molecule has 0 heterocycles. The summed E-state index contributed by atoms with van der Waals surface area (Å²) >= 11 is 1.62. The van der Waals surface area contributed by atoms with Crippen LogP contribution in [0.5, 0.6) is 0 Å². The molecule has 0 saturated carbocycles. The van der Waals surface area contributed by atoms with E-state index < -0.39 is 5.60 Å². The summed E-state index contributed by atoms with van der Waals surface area (Å²) in [7, 11) is 0. The van der Waals surface area contributed by atoms with Crippen molar-refractivity contribution in [1.82, 2.24) is 5.32 Å². The lowest BCUT2D eigenvalue weighted by molar-refractivity contribution is 0.0710. The molecule has 0 amide bonds. The highest BCUT2D eigenvalue weighted by molar-refractivity contribution is 7.98. The molecule has 0 aliphatic heterocycles. The number of hydrogen-bond acceptors (Lipinski definition) is 4. The second-order valence-corrected chi connectivity index (χ2v) is 4.71. The molecule has 13 heavy (non-hydrogen) atoms. The van der Waals surface area contributed by atoms with Crippen molar-refractivity contribution >= 4 is 11.8 Å². The van der Waals surface area contributed by atoms with Crippen LogP contribution in [0.1, 0.15) is 20.8 Å². The molecule has 80 valence electrons. The van der Waals surface area contributed by atoms with Crippen LogP contribution in [-0.2, 0) is 0 Å². The summed E-state index contributed by atoms with van der Waals surface area (Å²) < 4.78 is 0. The molecule has 3 atom stereocenters. The quantitative estimate of drug-likeness (QED) is 0.592. The van der Waals surface area contributed by atoms with Gasteiger partial charge < -0.3 is 15.5 Å². The zero-order valence-electron chi connectivity index (χ0n) is 8.87. The minimum absolute atomic E-state index is 0.0216. The number of hydrogen-bond donors (Lipinski definition) is 3. The van der Waals surface area contributed by atoms with Gasteiger partial charge in [-0.1, -0.05) is 0 Å². The van der Waals surface area contributed by atoms with Gasteiger partial charge in [0.15, 0.2) is 0 Å². The minimum atomic E-state index is -0.692. The fraction of sp³-hybridized carbons (Fsp3) is 1.00. The molecule has 0 bridgehead atoms. The molecule has 0 rings (SSSR count). The number of thioether (sulfide) groups is 1. The van der Waals surface area contributed by atoms with Crippen LogP contribution in [0.2, 0.25) is 0 Å². The van der Waals surface area contributed by atoms with E-state index in [1.807, 2.05) is 13.2 Å². The van der Waals surface area contributed by atoms with Gasteiger partial charge in [-0.2, -0.15) is 11.8 Å². The predicted octanol–water partition coefficient (Wildman–Crippen LogP) is 0.459. The Morgan fingerprint density at radius 3 is 2.38 bits per heavy atom. The first-order valence-corrected chi connectivity index (χ1v) is 5.91. The molecule has 0 aromatic heterocycles. The summed E-state index contributed by atoms with van der Waals surface area (Å²) in [6.07, 6.45) is 1.58. The van der Waals surface area contributed by atoms with Crippen molar-refractivity contribution in [3.63, 3.8) is 0 Å². The van der Waals surface area contributed by atoms with Crippen LogP contribution in [0.3, 0.4) is 0 Å². The predicted molar refractivity (Wildman–Crippen MR) is 58.2 cm³/mol. The third-order valence-corrected chi connectivity index (χ3v) is 2.89. The summed E-state index contributed by atoms with van der Waals surface area (Å²) in [5, 5.41) is 22.1. The van der Waals surface area contributed by atoms with E-state index in [1.165, 1.54) is 0 Å².